The maximum atomic E-state index is 13.0. The number of nitrogens with one attached hydrogen (secondary N) is 1. The Bertz CT molecular complexity index is 1170. The smallest absolute Gasteiger partial charge is 0.240 e. The molecule has 6 nitrogen and oxygen atoms in total. The van der Waals surface area contributed by atoms with Crippen molar-refractivity contribution in [3.63, 3.8) is 0 Å². The van der Waals surface area contributed by atoms with Crippen LogP contribution in [0.2, 0.25) is 0 Å². The van der Waals surface area contributed by atoms with Gasteiger partial charge in [-0.1, -0.05) is 46.6 Å². The Morgan fingerprint density at radius 1 is 1.20 bits per heavy atom. The van der Waals surface area contributed by atoms with Crippen LogP contribution in [0.1, 0.15) is 36.7 Å². The zero-order valence-electron chi connectivity index (χ0n) is 16.7. The van der Waals surface area contributed by atoms with Crippen molar-refractivity contribution in [2.45, 2.75) is 37.6 Å². The summed E-state index contributed by atoms with van der Waals surface area (Å²) >= 11 is 3.46. The molecule has 2 aromatic carbocycles. The van der Waals surface area contributed by atoms with Crippen molar-refractivity contribution >= 4 is 42.7 Å². The zero-order chi connectivity index (χ0) is 21.3. The van der Waals surface area contributed by atoms with Crippen molar-refractivity contribution in [2.24, 2.45) is 5.92 Å². The highest BCUT2D eigenvalue weighted by molar-refractivity contribution is 9.10. The first kappa shape index (κ1) is 21.1. The van der Waals surface area contributed by atoms with E-state index in [-0.39, 0.29) is 24.2 Å². The average Bonchev–Trinajstić information content (AvgIpc) is 2.96. The summed E-state index contributed by atoms with van der Waals surface area (Å²) < 4.78 is 26.5. The molecule has 1 aliphatic rings. The topological polar surface area (TPSA) is 81.1 Å². The number of imidazole rings is 1. The summed E-state index contributed by atoms with van der Waals surface area (Å²) in [5.74, 6) is 0.462. The van der Waals surface area contributed by atoms with Crippen molar-refractivity contribution in [3.8, 4) is 0 Å². The molecule has 1 aliphatic carbocycles. The first-order chi connectivity index (χ1) is 14.3. The highest BCUT2D eigenvalue weighted by atomic mass is 79.9. The number of carbonyl (C=O) groups is 1. The largest absolute Gasteiger partial charge is 0.347 e. The van der Waals surface area contributed by atoms with Crippen LogP contribution >= 0.6 is 15.9 Å². The Balaban J connectivity index is 1.60. The minimum absolute atomic E-state index is 0.0329. The Morgan fingerprint density at radius 3 is 2.53 bits per heavy atom. The Labute approximate surface area is 184 Å². The lowest BCUT2D eigenvalue weighted by Gasteiger charge is -2.34. The van der Waals surface area contributed by atoms with Gasteiger partial charge < -0.3 is 9.88 Å². The van der Waals surface area contributed by atoms with Gasteiger partial charge in [0, 0.05) is 10.7 Å². The number of sulfone groups is 1. The van der Waals surface area contributed by atoms with Crippen LogP contribution in [0.4, 0.5) is 0 Å². The van der Waals surface area contributed by atoms with Crippen LogP contribution in [0.3, 0.4) is 0 Å². The van der Waals surface area contributed by atoms with Crippen LogP contribution < -0.4 is 5.32 Å². The highest BCUT2D eigenvalue weighted by Crippen LogP contribution is 2.38. The molecular weight excluding hydrogens is 466 g/mol. The molecule has 1 aromatic heterocycles. The Morgan fingerprint density at radius 2 is 1.90 bits per heavy atom. The number of para-hydroxylation sites is 2. The second-order valence-corrected chi connectivity index (χ2v) is 11.0. The van der Waals surface area contributed by atoms with Gasteiger partial charge in [-0.05, 0) is 48.6 Å². The second-order valence-electron chi connectivity index (χ2n) is 7.96. The molecule has 1 atom stereocenters. The fourth-order valence-electron chi connectivity index (χ4n) is 3.93. The van der Waals surface area contributed by atoms with Crippen LogP contribution in [0.15, 0.2) is 53.0 Å². The minimum atomic E-state index is -3.28. The van der Waals surface area contributed by atoms with Crippen LogP contribution in [-0.4, -0.2) is 30.1 Å². The van der Waals surface area contributed by atoms with E-state index >= 15 is 0 Å². The number of carbonyl (C=O) groups excluding carboxylic acids is 1. The van der Waals surface area contributed by atoms with Gasteiger partial charge in [0.05, 0.1) is 17.1 Å². The molecule has 0 aliphatic heterocycles. The van der Waals surface area contributed by atoms with Crippen LogP contribution in [0.25, 0.3) is 11.0 Å². The lowest BCUT2D eigenvalue weighted by Crippen LogP contribution is -2.38. The molecule has 3 aromatic rings. The molecule has 8 heteroatoms. The molecule has 4 rings (SSSR count). The van der Waals surface area contributed by atoms with Gasteiger partial charge in [0.1, 0.15) is 18.1 Å². The van der Waals surface area contributed by atoms with Gasteiger partial charge in [-0.3, -0.25) is 4.79 Å². The SMILES string of the molecule is CS(=O)(=O)Cc1nc2ccccc2n1CC(=O)NC(c1ccc(Br)cc1)C1CCC1. The van der Waals surface area contributed by atoms with E-state index in [1.165, 1.54) is 12.7 Å². The molecule has 1 N–H and O–H groups in total. The van der Waals surface area contributed by atoms with Gasteiger partial charge in [-0.25, -0.2) is 13.4 Å². The van der Waals surface area contributed by atoms with E-state index in [9.17, 15) is 13.2 Å². The third-order valence-electron chi connectivity index (χ3n) is 5.59. The lowest BCUT2D eigenvalue weighted by atomic mass is 9.77. The summed E-state index contributed by atoms with van der Waals surface area (Å²) in [7, 11) is -3.28. The number of nitrogens with zero attached hydrogens (tertiary/aromatic N) is 2. The molecule has 30 heavy (non-hydrogen) atoms. The van der Waals surface area contributed by atoms with Crippen molar-refractivity contribution < 1.29 is 13.2 Å². The third-order valence-corrected chi connectivity index (χ3v) is 6.90. The zero-order valence-corrected chi connectivity index (χ0v) is 19.1. The van der Waals surface area contributed by atoms with E-state index in [2.05, 4.69) is 26.2 Å². The van der Waals surface area contributed by atoms with Gasteiger partial charge in [-0.2, -0.15) is 0 Å². The fraction of sp³-hybridized carbons (Fsp3) is 0.364. The molecule has 1 unspecified atom stereocenters. The predicted molar refractivity (Wildman–Crippen MR) is 121 cm³/mol. The maximum absolute atomic E-state index is 13.0. The van der Waals surface area contributed by atoms with E-state index in [0.717, 1.165) is 28.4 Å². The molecule has 1 heterocycles. The van der Waals surface area contributed by atoms with Gasteiger partial charge in [-0.15, -0.1) is 0 Å². The summed E-state index contributed by atoms with van der Waals surface area (Å²) in [6.07, 6.45) is 4.54. The maximum Gasteiger partial charge on any atom is 0.240 e. The van der Waals surface area contributed by atoms with Crippen LogP contribution in [0.5, 0.6) is 0 Å². The van der Waals surface area contributed by atoms with Crippen LogP contribution in [-0.2, 0) is 26.9 Å². The van der Waals surface area contributed by atoms with Gasteiger partial charge in [0.2, 0.25) is 5.91 Å². The average molecular weight is 490 g/mol. The van der Waals surface area contributed by atoms with Crippen molar-refractivity contribution in [3.05, 3.63) is 64.4 Å². The predicted octanol–water partition coefficient (Wildman–Crippen LogP) is 4.00. The Kier molecular flexibility index (Phi) is 5.97. The summed E-state index contributed by atoms with van der Waals surface area (Å²) in [5, 5.41) is 3.20. The minimum Gasteiger partial charge on any atom is -0.347 e. The molecule has 0 saturated heterocycles. The number of halogens is 1. The quantitative estimate of drug-likeness (QED) is 0.543. The Hall–Kier alpha value is -2.19. The first-order valence-electron chi connectivity index (χ1n) is 9.97. The summed E-state index contributed by atoms with van der Waals surface area (Å²) in [5.41, 5.74) is 2.53. The molecule has 1 fully saturated rings. The van der Waals surface area contributed by atoms with Gasteiger partial charge >= 0.3 is 0 Å². The molecule has 1 saturated carbocycles. The monoisotopic (exact) mass is 489 g/mol. The van der Waals surface area contributed by atoms with E-state index in [0.29, 0.717) is 17.3 Å². The van der Waals surface area contributed by atoms with Crippen molar-refractivity contribution in [1.29, 1.82) is 0 Å². The van der Waals surface area contributed by atoms with Crippen molar-refractivity contribution in [1.82, 2.24) is 14.9 Å². The number of rotatable bonds is 7. The van der Waals surface area contributed by atoms with Crippen LogP contribution in [0, 0.1) is 5.92 Å². The molecule has 0 spiro atoms. The molecule has 1 amide bonds. The fourth-order valence-corrected chi connectivity index (χ4v) is 4.88. The summed E-state index contributed by atoms with van der Waals surface area (Å²) in [6, 6.07) is 15.4. The highest BCUT2D eigenvalue weighted by Gasteiger charge is 2.30. The van der Waals surface area contributed by atoms with E-state index < -0.39 is 9.84 Å². The third kappa shape index (κ3) is 4.75. The summed E-state index contributed by atoms with van der Waals surface area (Å²) in [4.78, 5) is 17.5. The first-order valence-corrected chi connectivity index (χ1v) is 12.8. The molecule has 158 valence electrons. The van der Waals surface area contributed by atoms with E-state index in [1.807, 2.05) is 48.5 Å². The second kappa shape index (κ2) is 8.51. The van der Waals surface area contributed by atoms with Gasteiger partial charge in [0.15, 0.2) is 9.84 Å². The summed E-state index contributed by atoms with van der Waals surface area (Å²) in [6.45, 7) is 0.0329. The lowest BCUT2D eigenvalue weighted by molar-refractivity contribution is -0.123. The van der Waals surface area contributed by atoms with E-state index in [1.54, 1.807) is 4.57 Å². The van der Waals surface area contributed by atoms with E-state index in [4.69, 9.17) is 0 Å². The normalized spacial score (nSPS) is 15.7. The number of fused-ring (bicyclic) bond motifs is 1. The standard InChI is InChI=1S/C22H24BrN3O3S/c1-30(28,29)14-20-24-18-7-2-3-8-19(18)26(20)13-21(27)25-22(15-5-4-6-15)16-9-11-17(23)12-10-16/h2-3,7-12,15,22H,4-6,13-14H2,1H3,(H,25,27). The van der Waals surface area contributed by atoms with Crippen molar-refractivity contribution in [2.75, 3.05) is 6.26 Å². The molecule has 0 bridgehead atoms. The molecular formula is C22H24BrN3O3S. The number of benzene rings is 2. The number of hydrogen-bond acceptors (Lipinski definition) is 4. The number of aromatic nitrogens is 2. The number of amides is 1. The van der Waals surface area contributed by atoms with Gasteiger partial charge in [0.25, 0.3) is 0 Å². The molecule has 0 radical (unpaired) electrons. The number of hydrogen-bond donors (Lipinski definition) is 1.